The Morgan fingerprint density at radius 1 is 0.714 bits per heavy atom. The summed E-state index contributed by atoms with van der Waals surface area (Å²) in [6.45, 7) is 0. The van der Waals surface area contributed by atoms with Crippen molar-refractivity contribution in [2.24, 2.45) is 0 Å². The fourth-order valence-corrected chi connectivity index (χ4v) is 1.85. The Kier molecular flexibility index (Phi) is 2.17. The predicted octanol–water partition coefficient (Wildman–Crippen LogP) is 2.25. The topological polar surface area (TPSA) is 34.1 Å². The van der Waals surface area contributed by atoms with Gasteiger partial charge in [0.15, 0.2) is 11.6 Å². The van der Waals surface area contributed by atoms with Crippen molar-refractivity contribution in [3.05, 3.63) is 45.5 Å². The number of ketones is 2. The molecule has 0 radical (unpaired) electrons. The summed E-state index contributed by atoms with van der Waals surface area (Å²) in [6.07, 6.45) is 5.42. The van der Waals surface area contributed by atoms with Crippen LogP contribution in [-0.4, -0.2) is 11.6 Å². The first-order valence-corrected chi connectivity index (χ1v) is 4.61. The molecule has 0 aromatic carbocycles. The lowest BCUT2D eigenvalue weighted by Crippen LogP contribution is -2.17. The number of carbonyl (C=O) groups is 2. The SMILES string of the molecule is O=C1C=CC(Cl)=C2C(=O)C=CC(Cl)=C12. The molecule has 0 heterocycles. The zero-order chi connectivity index (χ0) is 10.3. The smallest absolute Gasteiger partial charge is 0.188 e. The summed E-state index contributed by atoms with van der Waals surface area (Å²) in [4.78, 5) is 22.8. The van der Waals surface area contributed by atoms with Gasteiger partial charge in [-0.2, -0.15) is 0 Å². The molecule has 2 aliphatic rings. The Balaban J connectivity index is 2.73. The summed E-state index contributed by atoms with van der Waals surface area (Å²) in [6, 6.07) is 0. The number of rotatable bonds is 0. The molecule has 0 spiro atoms. The van der Waals surface area contributed by atoms with Crippen molar-refractivity contribution >= 4 is 34.8 Å². The van der Waals surface area contributed by atoms with Gasteiger partial charge < -0.3 is 0 Å². The second-order valence-corrected chi connectivity index (χ2v) is 3.66. The fraction of sp³-hybridized carbons (Fsp3) is 0. The van der Waals surface area contributed by atoms with Crippen molar-refractivity contribution in [2.75, 3.05) is 0 Å². The molecule has 0 atom stereocenters. The minimum absolute atomic E-state index is 0.201. The molecule has 0 aliphatic heterocycles. The average Bonchev–Trinajstić information content (AvgIpc) is 2.16. The van der Waals surface area contributed by atoms with E-state index in [2.05, 4.69) is 0 Å². The van der Waals surface area contributed by atoms with Crippen molar-refractivity contribution in [2.45, 2.75) is 0 Å². The highest BCUT2D eigenvalue weighted by Gasteiger charge is 2.28. The highest BCUT2D eigenvalue weighted by molar-refractivity contribution is 6.42. The van der Waals surface area contributed by atoms with Gasteiger partial charge in [-0.05, 0) is 24.3 Å². The molecule has 2 rings (SSSR count). The van der Waals surface area contributed by atoms with Crippen LogP contribution in [-0.2, 0) is 9.59 Å². The minimum Gasteiger partial charge on any atom is -0.289 e. The maximum atomic E-state index is 11.4. The molecule has 70 valence electrons. The van der Waals surface area contributed by atoms with Gasteiger partial charge in [0.2, 0.25) is 0 Å². The van der Waals surface area contributed by atoms with Crippen molar-refractivity contribution in [1.29, 1.82) is 0 Å². The summed E-state index contributed by atoms with van der Waals surface area (Å²) < 4.78 is 0. The molecule has 14 heavy (non-hydrogen) atoms. The van der Waals surface area contributed by atoms with Crippen LogP contribution in [0.25, 0.3) is 0 Å². The van der Waals surface area contributed by atoms with Crippen molar-refractivity contribution < 1.29 is 9.59 Å². The van der Waals surface area contributed by atoms with Crippen LogP contribution < -0.4 is 0 Å². The number of halogens is 2. The number of hydrogen-bond acceptors (Lipinski definition) is 2. The van der Waals surface area contributed by atoms with Gasteiger partial charge in [0.05, 0.1) is 21.2 Å². The lowest BCUT2D eigenvalue weighted by Gasteiger charge is -2.16. The van der Waals surface area contributed by atoms with Crippen LogP contribution in [0.1, 0.15) is 0 Å². The van der Waals surface area contributed by atoms with Crippen LogP contribution in [0.2, 0.25) is 0 Å². The van der Waals surface area contributed by atoms with E-state index in [1.165, 1.54) is 24.3 Å². The minimum atomic E-state index is -0.285. The first-order valence-electron chi connectivity index (χ1n) is 3.86. The van der Waals surface area contributed by atoms with Crippen LogP contribution in [0.5, 0.6) is 0 Å². The molecular formula is C10H4Cl2O2. The molecule has 0 unspecified atom stereocenters. The molecule has 2 nitrogen and oxygen atoms in total. The summed E-state index contributed by atoms with van der Waals surface area (Å²) in [5.41, 5.74) is 0.401. The molecule has 0 saturated heterocycles. The molecule has 0 N–H and O–H groups in total. The third-order valence-corrected chi connectivity index (χ3v) is 2.61. The molecule has 0 saturated carbocycles. The van der Waals surface area contributed by atoms with E-state index in [4.69, 9.17) is 23.2 Å². The second-order valence-electron chi connectivity index (χ2n) is 2.84. The molecular weight excluding hydrogens is 223 g/mol. The van der Waals surface area contributed by atoms with E-state index >= 15 is 0 Å². The van der Waals surface area contributed by atoms with Gasteiger partial charge in [0.25, 0.3) is 0 Å². The van der Waals surface area contributed by atoms with Gasteiger partial charge in [-0.3, -0.25) is 9.59 Å². The zero-order valence-corrected chi connectivity index (χ0v) is 8.39. The van der Waals surface area contributed by atoms with Crippen LogP contribution in [0, 0.1) is 0 Å². The Labute approximate surface area is 90.2 Å². The Morgan fingerprint density at radius 3 is 1.43 bits per heavy atom. The van der Waals surface area contributed by atoms with Gasteiger partial charge in [-0.15, -0.1) is 0 Å². The monoisotopic (exact) mass is 226 g/mol. The molecule has 2 aliphatic carbocycles. The lowest BCUT2D eigenvalue weighted by atomic mass is 9.90. The lowest BCUT2D eigenvalue weighted by molar-refractivity contribution is -0.114. The Bertz CT molecular complexity index is 421. The van der Waals surface area contributed by atoms with E-state index in [1.54, 1.807) is 0 Å². The van der Waals surface area contributed by atoms with Crippen LogP contribution >= 0.6 is 23.2 Å². The Morgan fingerprint density at radius 2 is 1.07 bits per heavy atom. The molecule has 0 bridgehead atoms. The van der Waals surface area contributed by atoms with E-state index in [-0.39, 0.29) is 32.8 Å². The molecule has 0 fully saturated rings. The van der Waals surface area contributed by atoms with Crippen LogP contribution in [0.3, 0.4) is 0 Å². The van der Waals surface area contributed by atoms with Gasteiger partial charge >= 0.3 is 0 Å². The summed E-state index contributed by atoms with van der Waals surface area (Å²) in [5.74, 6) is -0.570. The van der Waals surface area contributed by atoms with Crippen LogP contribution in [0.15, 0.2) is 45.5 Å². The zero-order valence-electron chi connectivity index (χ0n) is 6.88. The van der Waals surface area contributed by atoms with Gasteiger partial charge in [0.1, 0.15) is 0 Å². The number of allylic oxidation sites excluding steroid dienone is 8. The normalized spacial score (nSPS) is 20.7. The highest BCUT2D eigenvalue weighted by atomic mass is 35.5. The number of carbonyl (C=O) groups excluding carboxylic acids is 2. The van der Waals surface area contributed by atoms with Crippen molar-refractivity contribution in [1.82, 2.24) is 0 Å². The van der Waals surface area contributed by atoms with Crippen molar-refractivity contribution in [3.8, 4) is 0 Å². The highest BCUT2D eigenvalue weighted by Crippen LogP contribution is 2.32. The van der Waals surface area contributed by atoms with E-state index in [0.717, 1.165) is 0 Å². The van der Waals surface area contributed by atoms with Gasteiger partial charge in [0, 0.05) is 0 Å². The van der Waals surface area contributed by atoms with Crippen molar-refractivity contribution in [3.63, 3.8) is 0 Å². The second kappa shape index (κ2) is 3.23. The van der Waals surface area contributed by atoms with Crippen LogP contribution in [0.4, 0.5) is 0 Å². The maximum absolute atomic E-state index is 11.4. The summed E-state index contributed by atoms with van der Waals surface area (Å²) >= 11 is 11.6. The molecule has 0 aromatic rings. The largest absolute Gasteiger partial charge is 0.289 e. The van der Waals surface area contributed by atoms with E-state index in [9.17, 15) is 9.59 Å². The maximum Gasteiger partial charge on any atom is 0.188 e. The molecule has 0 aromatic heterocycles. The molecule has 4 heteroatoms. The quantitative estimate of drug-likeness (QED) is 0.635. The molecule has 0 amide bonds. The average molecular weight is 227 g/mol. The summed E-state index contributed by atoms with van der Waals surface area (Å²) in [5, 5.41) is 0.513. The number of fused-ring (bicyclic) bond motifs is 1. The number of hydrogen-bond donors (Lipinski definition) is 0. The summed E-state index contributed by atoms with van der Waals surface area (Å²) in [7, 11) is 0. The van der Waals surface area contributed by atoms with E-state index in [0.29, 0.717) is 0 Å². The van der Waals surface area contributed by atoms with Gasteiger partial charge in [-0.1, -0.05) is 23.2 Å². The standard InChI is InChI=1S/C10H4Cl2O2/c11-5-1-3-7(13)10-6(12)2-4-8(14)9(5)10/h1-4H. The predicted molar refractivity (Wildman–Crippen MR) is 54.1 cm³/mol. The van der Waals surface area contributed by atoms with E-state index in [1.807, 2.05) is 0 Å². The third kappa shape index (κ3) is 1.27. The third-order valence-electron chi connectivity index (χ3n) is 1.98. The Hall–Kier alpha value is -1.12. The van der Waals surface area contributed by atoms with E-state index < -0.39 is 0 Å². The first kappa shape index (κ1) is 9.44. The first-order chi connectivity index (χ1) is 6.61. The van der Waals surface area contributed by atoms with Gasteiger partial charge in [-0.25, -0.2) is 0 Å². The fourth-order valence-electron chi connectivity index (χ4n) is 1.35.